The van der Waals surface area contributed by atoms with E-state index >= 15 is 0 Å². The van der Waals surface area contributed by atoms with Crippen LogP contribution in [0.5, 0.6) is 0 Å². The Balaban J connectivity index is 1.65. The summed E-state index contributed by atoms with van der Waals surface area (Å²) in [5.74, 6) is 5.67. The van der Waals surface area contributed by atoms with Crippen LogP contribution in [-0.2, 0) is 23.1 Å². The molecule has 2 amide bonds. The number of nitrogens with two attached hydrogens (primary N) is 1. The summed E-state index contributed by atoms with van der Waals surface area (Å²) < 4.78 is 0. The number of hydrogen-bond acceptors (Lipinski definition) is 7. The lowest BCUT2D eigenvalue weighted by molar-refractivity contribution is -0.130. The smallest absolute Gasteiger partial charge is 0.251 e. The third-order valence-electron chi connectivity index (χ3n) is 10.2. The fourth-order valence-electron chi connectivity index (χ4n) is 7.80. The monoisotopic (exact) mass is 623 g/mol. The molecule has 0 bridgehead atoms. The van der Waals surface area contributed by atoms with Gasteiger partial charge in [0, 0.05) is 37.9 Å². The zero-order valence-corrected chi connectivity index (χ0v) is 26.9. The summed E-state index contributed by atoms with van der Waals surface area (Å²) in [6.07, 6.45) is 7.53. The van der Waals surface area contributed by atoms with Crippen molar-refractivity contribution in [3.05, 3.63) is 76.4 Å². The number of nitriles is 1. The number of amidine groups is 1. The van der Waals surface area contributed by atoms with E-state index < -0.39 is 5.41 Å². The third-order valence-corrected chi connectivity index (χ3v) is 10.2. The van der Waals surface area contributed by atoms with Crippen molar-refractivity contribution in [2.75, 3.05) is 27.2 Å². The van der Waals surface area contributed by atoms with Crippen molar-refractivity contribution in [3.8, 4) is 6.07 Å². The highest BCUT2D eigenvalue weighted by Gasteiger charge is 2.47. The van der Waals surface area contributed by atoms with Gasteiger partial charge in [0.25, 0.3) is 5.91 Å². The van der Waals surface area contributed by atoms with Crippen molar-refractivity contribution in [2.24, 2.45) is 22.1 Å². The number of likely N-dealkylation sites (tertiary alicyclic amines) is 1. The SMILES string of the molecule is C=C(NC)c1ccc2c(c1)CCc1cc(C(=O)NC)ccc1C2(C[C@H](NCC(=O)N1CCCC1C#N)C1CCCC1)C(=N)N=NN. The number of fused-ring (bicyclic) bond motifs is 2. The summed E-state index contributed by atoms with van der Waals surface area (Å²) in [6.45, 7) is 4.87. The van der Waals surface area contributed by atoms with Gasteiger partial charge in [0.05, 0.1) is 18.0 Å². The van der Waals surface area contributed by atoms with E-state index in [1.165, 1.54) is 0 Å². The second kappa shape index (κ2) is 14.3. The predicted molar refractivity (Wildman–Crippen MR) is 178 cm³/mol. The van der Waals surface area contributed by atoms with Crippen molar-refractivity contribution in [2.45, 2.75) is 75.3 Å². The maximum absolute atomic E-state index is 13.4. The lowest BCUT2D eigenvalue weighted by Crippen LogP contribution is -2.50. The number of hydrogen-bond donors (Lipinski definition) is 5. The van der Waals surface area contributed by atoms with Crippen LogP contribution in [0.1, 0.15) is 83.1 Å². The Hall–Kier alpha value is -4.56. The summed E-state index contributed by atoms with van der Waals surface area (Å²) in [6, 6.07) is 13.6. The molecule has 1 saturated heterocycles. The zero-order chi connectivity index (χ0) is 32.8. The van der Waals surface area contributed by atoms with Gasteiger partial charge in [-0.1, -0.05) is 42.8 Å². The molecule has 3 aliphatic rings. The number of nitrogens with zero attached hydrogens (tertiary/aromatic N) is 4. The first-order valence-electron chi connectivity index (χ1n) is 16.3. The van der Waals surface area contributed by atoms with Crippen LogP contribution in [0.15, 0.2) is 53.3 Å². The van der Waals surface area contributed by atoms with Crippen LogP contribution in [0, 0.1) is 22.7 Å². The maximum Gasteiger partial charge on any atom is 0.251 e. The van der Waals surface area contributed by atoms with Crippen LogP contribution in [0.4, 0.5) is 0 Å². The van der Waals surface area contributed by atoms with E-state index in [9.17, 15) is 20.3 Å². The average Bonchev–Trinajstić information content (AvgIpc) is 3.78. The van der Waals surface area contributed by atoms with Gasteiger partial charge in [-0.15, -0.1) is 5.11 Å². The van der Waals surface area contributed by atoms with E-state index in [1.54, 1.807) is 18.0 Å². The van der Waals surface area contributed by atoms with Crippen LogP contribution in [-0.4, -0.2) is 61.8 Å². The highest BCUT2D eigenvalue weighted by atomic mass is 16.2. The van der Waals surface area contributed by atoms with Crippen LogP contribution < -0.4 is 21.8 Å². The van der Waals surface area contributed by atoms with Gasteiger partial charge >= 0.3 is 0 Å². The largest absolute Gasteiger partial charge is 0.388 e. The fraction of sp³-hybridized carbons (Fsp3) is 0.486. The zero-order valence-electron chi connectivity index (χ0n) is 26.9. The predicted octanol–water partition coefficient (Wildman–Crippen LogP) is 3.98. The van der Waals surface area contributed by atoms with E-state index in [-0.39, 0.29) is 42.2 Å². The Morgan fingerprint density at radius 2 is 1.72 bits per heavy atom. The first-order valence-corrected chi connectivity index (χ1v) is 16.3. The van der Waals surface area contributed by atoms with Crippen LogP contribution in [0.2, 0.25) is 0 Å². The number of amides is 2. The van der Waals surface area contributed by atoms with Crippen molar-refractivity contribution >= 4 is 23.3 Å². The van der Waals surface area contributed by atoms with Crippen LogP contribution >= 0.6 is 0 Å². The highest BCUT2D eigenvalue weighted by Crippen LogP contribution is 2.47. The van der Waals surface area contributed by atoms with Gasteiger partial charge in [0.2, 0.25) is 5.91 Å². The Kier molecular flexibility index (Phi) is 10.2. The molecule has 2 aromatic rings. The lowest BCUT2D eigenvalue weighted by atomic mass is 9.66. The molecule has 2 aliphatic carbocycles. The van der Waals surface area contributed by atoms with E-state index in [2.05, 4.69) is 51.1 Å². The molecule has 0 spiro atoms. The number of aryl methyl sites for hydroxylation is 2. The molecule has 3 atom stereocenters. The van der Waals surface area contributed by atoms with Crippen molar-refractivity contribution in [1.82, 2.24) is 20.9 Å². The van der Waals surface area contributed by atoms with Gasteiger partial charge in [-0.3, -0.25) is 15.0 Å². The Morgan fingerprint density at radius 3 is 2.33 bits per heavy atom. The lowest BCUT2D eigenvalue weighted by Gasteiger charge is -2.40. The normalized spacial score (nSPS) is 21.6. The second-order valence-corrected chi connectivity index (χ2v) is 12.6. The molecule has 1 heterocycles. The van der Waals surface area contributed by atoms with E-state index in [1.807, 2.05) is 25.2 Å². The summed E-state index contributed by atoms with van der Waals surface area (Å²) >= 11 is 0. The van der Waals surface area contributed by atoms with E-state index in [4.69, 9.17) is 5.84 Å². The van der Waals surface area contributed by atoms with Crippen molar-refractivity contribution in [1.29, 1.82) is 10.7 Å². The Morgan fingerprint density at radius 1 is 1.07 bits per heavy atom. The topological polar surface area (TPSA) is 172 Å². The minimum Gasteiger partial charge on any atom is -0.388 e. The molecule has 46 heavy (non-hydrogen) atoms. The van der Waals surface area contributed by atoms with Gasteiger partial charge in [-0.25, -0.2) is 0 Å². The number of benzene rings is 2. The summed E-state index contributed by atoms with van der Waals surface area (Å²) in [7, 11) is 3.45. The molecule has 0 radical (unpaired) electrons. The molecule has 11 nitrogen and oxygen atoms in total. The second-order valence-electron chi connectivity index (χ2n) is 12.6. The molecule has 2 aromatic carbocycles. The standard InChI is InChI=1S/C35H45N9O2/c1-22(39-2)24-12-14-29-25(17-24)10-11-26-18-27(33(46)40-3)13-15-30(26)35(29,34(37)42-43-38)19-31(23-7-4-5-8-23)41-21-32(45)44-16-6-9-28(44)20-36/h12-15,17-18,23,28,31,39,41H,1,4-11,16,19,21H2,2-3H3,(H,40,46)(H3,37,38,42)/t28?,31-,35?/m0/s1. The Bertz CT molecular complexity index is 1500. The van der Waals surface area contributed by atoms with Crippen molar-refractivity contribution < 1.29 is 9.59 Å². The van der Waals surface area contributed by atoms with Crippen molar-refractivity contribution in [3.63, 3.8) is 0 Å². The molecule has 5 rings (SSSR count). The summed E-state index contributed by atoms with van der Waals surface area (Å²) in [4.78, 5) is 27.8. The fourth-order valence-corrected chi connectivity index (χ4v) is 7.80. The van der Waals surface area contributed by atoms with E-state index in [0.717, 1.165) is 65.6 Å². The van der Waals surface area contributed by atoms with Gasteiger partial charge in [-0.05, 0) is 96.9 Å². The highest BCUT2D eigenvalue weighted by molar-refractivity contribution is 5.98. The van der Waals surface area contributed by atoms with Gasteiger partial charge in [-0.2, -0.15) is 5.26 Å². The molecule has 11 heteroatoms. The molecule has 6 N–H and O–H groups in total. The quantitative estimate of drug-likeness (QED) is 0.0881. The molecule has 2 fully saturated rings. The number of nitrogens with one attached hydrogen (secondary N) is 4. The first-order chi connectivity index (χ1) is 22.3. The molecule has 242 valence electrons. The first kappa shape index (κ1) is 32.8. The number of rotatable bonds is 10. The number of carbonyl (C=O) groups excluding carboxylic acids is 2. The molecule has 0 aromatic heterocycles. The molecule has 2 unspecified atom stereocenters. The molecular weight excluding hydrogens is 578 g/mol. The van der Waals surface area contributed by atoms with Crippen LogP contribution in [0.3, 0.4) is 0 Å². The van der Waals surface area contributed by atoms with Gasteiger partial charge in [0.1, 0.15) is 6.04 Å². The minimum atomic E-state index is -1.07. The Labute approximate surface area is 271 Å². The maximum atomic E-state index is 13.4. The van der Waals surface area contributed by atoms with Crippen LogP contribution in [0.25, 0.3) is 5.70 Å². The van der Waals surface area contributed by atoms with Gasteiger partial charge in [0.15, 0.2) is 5.84 Å². The minimum absolute atomic E-state index is 0.00694. The summed E-state index contributed by atoms with van der Waals surface area (Å²) in [5, 5.41) is 36.4. The molecule has 1 aliphatic heterocycles. The van der Waals surface area contributed by atoms with Gasteiger partial charge < -0.3 is 26.7 Å². The molecule has 1 saturated carbocycles. The summed E-state index contributed by atoms with van der Waals surface area (Å²) in [5.41, 5.74) is 5.05. The number of carbonyl (C=O) groups is 2. The van der Waals surface area contributed by atoms with E-state index in [0.29, 0.717) is 37.8 Å². The average molecular weight is 624 g/mol. The molecular formula is C35H45N9O2. The third kappa shape index (κ3) is 6.27.